The van der Waals surface area contributed by atoms with Gasteiger partial charge in [-0.2, -0.15) is 0 Å². The zero-order chi connectivity index (χ0) is 10.0. The third kappa shape index (κ3) is 3.25. The fraction of sp³-hybridized carbons (Fsp3) is 1.00. The van der Waals surface area contributed by atoms with Crippen LogP contribution in [-0.2, 0) is 4.74 Å². The van der Waals surface area contributed by atoms with E-state index in [1.807, 2.05) is 0 Å². The number of hydrogen-bond donors (Lipinski definition) is 1. The predicted octanol–water partition coefficient (Wildman–Crippen LogP) is 2.33. The van der Waals surface area contributed by atoms with E-state index < -0.39 is 0 Å². The summed E-state index contributed by atoms with van der Waals surface area (Å²) in [5, 5.41) is 3.67. The molecule has 0 radical (unpaired) electrons. The van der Waals surface area contributed by atoms with Gasteiger partial charge in [0.15, 0.2) is 0 Å². The molecule has 1 unspecified atom stereocenters. The highest BCUT2D eigenvalue weighted by atomic mass is 16.5. The molecule has 1 N–H and O–H groups in total. The predicted molar refractivity (Wildman–Crippen MR) is 58.4 cm³/mol. The van der Waals surface area contributed by atoms with Crippen LogP contribution in [0.2, 0.25) is 0 Å². The van der Waals surface area contributed by atoms with Gasteiger partial charge in [0.05, 0.1) is 5.60 Å². The van der Waals surface area contributed by atoms with Crippen LogP contribution in [-0.4, -0.2) is 24.8 Å². The van der Waals surface area contributed by atoms with Crippen molar-refractivity contribution in [2.24, 2.45) is 5.92 Å². The van der Waals surface area contributed by atoms with Gasteiger partial charge in [0.2, 0.25) is 0 Å². The van der Waals surface area contributed by atoms with E-state index in [0.29, 0.717) is 6.04 Å². The Morgan fingerprint density at radius 3 is 2.71 bits per heavy atom. The molecule has 0 amide bonds. The molecule has 1 atom stereocenters. The molecule has 1 aliphatic carbocycles. The highest BCUT2D eigenvalue weighted by Crippen LogP contribution is 2.32. The Bertz CT molecular complexity index is 187. The average Bonchev–Trinajstić information content (AvgIpc) is 2.86. The van der Waals surface area contributed by atoms with Gasteiger partial charge in [-0.05, 0) is 45.6 Å². The van der Waals surface area contributed by atoms with Crippen LogP contribution in [0.15, 0.2) is 0 Å². The largest absolute Gasteiger partial charge is 0.375 e. The molecule has 2 rings (SSSR count). The monoisotopic (exact) mass is 197 g/mol. The summed E-state index contributed by atoms with van der Waals surface area (Å²) in [4.78, 5) is 0. The minimum absolute atomic E-state index is 0.0928. The molecule has 0 aromatic carbocycles. The van der Waals surface area contributed by atoms with E-state index >= 15 is 0 Å². The van der Waals surface area contributed by atoms with Gasteiger partial charge in [0.25, 0.3) is 0 Å². The number of hydrogen-bond acceptors (Lipinski definition) is 2. The average molecular weight is 197 g/mol. The third-order valence-electron chi connectivity index (χ3n) is 3.38. The van der Waals surface area contributed by atoms with Crippen LogP contribution in [0.5, 0.6) is 0 Å². The third-order valence-corrected chi connectivity index (χ3v) is 3.38. The van der Waals surface area contributed by atoms with Crippen molar-refractivity contribution in [1.29, 1.82) is 0 Å². The molecule has 0 aromatic heterocycles. The molecule has 2 fully saturated rings. The normalized spacial score (nSPS) is 31.7. The van der Waals surface area contributed by atoms with E-state index in [0.717, 1.165) is 18.9 Å². The Hall–Kier alpha value is -0.0800. The lowest BCUT2D eigenvalue weighted by molar-refractivity contribution is -0.0628. The van der Waals surface area contributed by atoms with E-state index in [1.54, 1.807) is 0 Å². The van der Waals surface area contributed by atoms with Gasteiger partial charge < -0.3 is 10.1 Å². The smallest absolute Gasteiger partial charge is 0.0641 e. The Kier molecular flexibility index (Phi) is 3.13. The molecular weight excluding hydrogens is 174 g/mol. The number of rotatable bonds is 4. The van der Waals surface area contributed by atoms with E-state index in [4.69, 9.17) is 4.74 Å². The van der Waals surface area contributed by atoms with Crippen LogP contribution < -0.4 is 5.32 Å². The Morgan fingerprint density at radius 1 is 1.29 bits per heavy atom. The van der Waals surface area contributed by atoms with Crippen molar-refractivity contribution < 1.29 is 4.74 Å². The minimum Gasteiger partial charge on any atom is -0.375 e. The lowest BCUT2D eigenvalue weighted by Gasteiger charge is -2.36. The summed E-state index contributed by atoms with van der Waals surface area (Å²) in [7, 11) is 0. The summed E-state index contributed by atoms with van der Waals surface area (Å²) in [6, 6.07) is 0.692. The summed E-state index contributed by atoms with van der Waals surface area (Å²) in [6.45, 7) is 6.53. The quantitative estimate of drug-likeness (QED) is 0.747. The maximum Gasteiger partial charge on any atom is 0.0641 e. The molecule has 1 saturated heterocycles. The second kappa shape index (κ2) is 4.19. The van der Waals surface area contributed by atoms with Gasteiger partial charge in [-0.1, -0.05) is 12.8 Å². The molecule has 14 heavy (non-hydrogen) atoms. The maximum absolute atomic E-state index is 5.70. The summed E-state index contributed by atoms with van der Waals surface area (Å²) in [5.41, 5.74) is 0.0928. The fourth-order valence-electron chi connectivity index (χ4n) is 2.30. The molecular formula is C12H23NO. The van der Waals surface area contributed by atoms with Crippen molar-refractivity contribution in [3.05, 3.63) is 0 Å². The van der Waals surface area contributed by atoms with Crippen molar-refractivity contribution in [3.63, 3.8) is 0 Å². The highest BCUT2D eigenvalue weighted by molar-refractivity contribution is 4.83. The van der Waals surface area contributed by atoms with Crippen molar-refractivity contribution in [2.45, 2.75) is 57.6 Å². The first kappa shape index (κ1) is 10.4. The van der Waals surface area contributed by atoms with E-state index in [9.17, 15) is 0 Å². The standard InChI is InChI=1S/C12H23NO/c1-12(2)9-11(6-8-14-12)13-7-5-10-3-4-10/h10-11,13H,3-9H2,1-2H3. The fourth-order valence-corrected chi connectivity index (χ4v) is 2.30. The minimum atomic E-state index is 0.0928. The Morgan fingerprint density at radius 2 is 2.07 bits per heavy atom. The summed E-state index contributed by atoms with van der Waals surface area (Å²) >= 11 is 0. The van der Waals surface area contributed by atoms with E-state index in [1.165, 1.54) is 32.2 Å². The van der Waals surface area contributed by atoms with Crippen LogP contribution in [0.1, 0.15) is 46.0 Å². The molecule has 82 valence electrons. The van der Waals surface area contributed by atoms with E-state index in [2.05, 4.69) is 19.2 Å². The van der Waals surface area contributed by atoms with E-state index in [-0.39, 0.29) is 5.60 Å². The SMILES string of the molecule is CC1(C)CC(NCCC2CC2)CCO1. The number of ether oxygens (including phenoxy) is 1. The highest BCUT2D eigenvalue weighted by Gasteiger charge is 2.28. The molecule has 0 bridgehead atoms. The van der Waals surface area contributed by atoms with Crippen LogP contribution in [0.4, 0.5) is 0 Å². The zero-order valence-corrected chi connectivity index (χ0v) is 9.51. The summed E-state index contributed by atoms with van der Waals surface area (Å²) in [5.74, 6) is 1.05. The molecule has 0 aromatic rings. The summed E-state index contributed by atoms with van der Waals surface area (Å²) in [6.07, 6.45) is 6.69. The molecule has 2 aliphatic rings. The lowest BCUT2D eigenvalue weighted by atomic mass is 9.94. The summed E-state index contributed by atoms with van der Waals surface area (Å²) < 4.78 is 5.70. The topological polar surface area (TPSA) is 21.3 Å². The van der Waals surface area contributed by atoms with Crippen molar-refractivity contribution >= 4 is 0 Å². The lowest BCUT2D eigenvalue weighted by Crippen LogP contribution is -2.44. The van der Waals surface area contributed by atoms with Crippen LogP contribution in [0.25, 0.3) is 0 Å². The zero-order valence-electron chi connectivity index (χ0n) is 9.51. The molecule has 1 aliphatic heterocycles. The number of nitrogens with one attached hydrogen (secondary N) is 1. The molecule has 1 saturated carbocycles. The van der Waals surface area contributed by atoms with Gasteiger partial charge >= 0.3 is 0 Å². The first-order valence-electron chi connectivity index (χ1n) is 6.03. The second-order valence-electron chi connectivity index (χ2n) is 5.48. The Balaban J connectivity index is 1.63. The van der Waals surface area contributed by atoms with Crippen molar-refractivity contribution in [1.82, 2.24) is 5.32 Å². The Labute approximate surface area is 87.4 Å². The van der Waals surface area contributed by atoms with Gasteiger partial charge in [-0.25, -0.2) is 0 Å². The second-order valence-corrected chi connectivity index (χ2v) is 5.48. The van der Waals surface area contributed by atoms with Gasteiger partial charge in [-0.3, -0.25) is 0 Å². The van der Waals surface area contributed by atoms with Crippen molar-refractivity contribution in [3.8, 4) is 0 Å². The molecule has 0 spiro atoms. The molecule has 2 nitrogen and oxygen atoms in total. The van der Waals surface area contributed by atoms with Crippen molar-refractivity contribution in [2.75, 3.05) is 13.2 Å². The maximum atomic E-state index is 5.70. The van der Waals surface area contributed by atoms with Gasteiger partial charge in [0, 0.05) is 12.6 Å². The first-order chi connectivity index (χ1) is 6.66. The van der Waals surface area contributed by atoms with Crippen LogP contribution in [0, 0.1) is 5.92 Å². The molecule has 2 heteroatoms. The van der Waals surface area contributed by atoms with Crippen LogP contribution >= 0.6 is 0 Å². The van der Waals surface area contributed by atoms with Crippen LogP contribution in [0.3, 0.4) is 0 Å². The van der Waals surface area contributed by atoms with Gasteiger partial charge in [0.1, 0.15) is 0 Å². The molecule has 1 heterocycles. The van der Waals surface area contributed by atoms with Gasteiger partial charge in [-0.15, -0.1) is 0 Å². The first-order valence-corrected chi connectivity index (χ1v) is 6.03.